The lowest BCUT2D eigenvalue weighted by atomic mass is 10.1. The monoisotopic (exact) mass is 475 g/mol. The van der Waals surface area contributed by atoms with E-state index < -0.39 is 0 Å². The van der Waals surface area contributed by atoms with E-state index >= 15 is 0 Å². The van der Waals surface area contributed by atoms with Crippen molar-refractivity contribution in [3.63, 3.8) is 0 Å². The smallest absolute Gasteiger partial charge is 0.257 e. The molecule has 1 aromatic heterocycles. The normalized spacial score (nSPS) is 10.1. The topological polar surface area (TPSA) is 83.5 Å². The number of hydrogen-bond donors (Lipinski definition) is 3. The van der Waals surface area contributed by atoms with Crippen LogP contribution in [0.4, 0.5) is 11.4 Å². The average Bonchev–Trinajstić information content (AvgIpc) is 3.40. The molecule has 0 spiro atoms. The molecule has 1 amide bonds. The predicted molar refractivity (Wildman–Crippen MR) is 141 cm³/mol. The molecule has 0 atom stereocenters. The summed E-state index contributed by atoms with van der Waals surface area (Å²) < 4.78 is 5.23. The first kappa shape index (κ1) is 25.0. The number of thiazole rings is 1. The first-order valence-corrected chi connectivity index (χ1v) is 12.0. The standard InChI is InChI=1S/C25H23N3O3S.C2H6/c1-31-20-11-12-21(22(15-20)26-13-14-29)24(30)27-19-9-7-17(8-10-19)23-16-32-25(28-23)18-5-3-2-4-6-18;1-2/h2-12,15-16,26,29H,13-14H2,1H3,(H,27,30);1-2H3. The summed E-state index contributed by atoms with van der Waals surface area (Å²) in [6.45, 7) is 4.29. The first-order valence-electron chi connectivity index (χ1n) is 11.1. The number of aliphatic hydroxyl groups is 1. The van der Waals surface area contributed by atoms with Gasteiger partial charge in [-0.25, -0.2) is 4.98 Å². The molecule has 0 aliphatic carbocycles. The van der Waals surface area contributed by atoms with Gasteiger partial charge in [0, 0.05) is 34.8 Å². The van der Waals surface area contributed by atoms with Gasteiger partial charge in [-0.15, -0.1) is 11.3 Å². The number of ether oxygens (including phenoxy) is 1. The summed E-state index contributed by atoms with van der Waals surface area (Å²) in [4.78, 5) is 17.6. The van der Waals surface area contributed by atoms with Crippen LogP contribution in [-0.2, 0) is 0 Å². The van der Waals surface area contributed by atoms with E-state index in [-0.39, 0.29) is 12.5 Å². The molecule has 6 nitrogen and oxygen atoms in total. The molecule has 4 aromatic rings. The van der Waals surface area contributed by atoms with Crippen LogP contribution < -0.4 is 15.4 Å². The van der Waals surface area contributed by atoms with E-state index in [0.29, 0.717) is 29.2 Å². The molecule has 34 heavy (non-hydrogen) atoms. The zero-order chi connectivity index (χ0) is 24.3. The lowest BCUT2D eigenvalue weighted by Crippen LogP contribution is -2.16. The molecule has 0 aliphatic rings. The Morgan fingerprint density at radius 1 is 1.00 bits per heavy atom. The Hall–Kier alpha value is -3.68. The predicted octanol–water partition coefficient (Wildman–Crippen LogP) is 6.17. The number of methoxy groups -OCH3 is 1. The van der Waals surface area contributed by atoms with Crippen LogP contribution in [0.15, 0.2) is 78.2 Å². The fraction of sp³-hybridized carbons (Fsp3) is 0.185. The number of amides is 1. The fourth-order valence-electron chi connectivity index (χ4n) is 3.23. The van der Waals surface area contributed by atoms with Crippen LogP contribution in [0.1, 0.15) is 24.2 Å². The van der Waals surface area contributed by atoms with Crippen molar-refractivity contribution in [1.29, 1.82) is 0 Å². The van der Waals surface area contributed by atoms with Gasteiger partial charge in [-0.2, -0.15) is 0 Å². The molecule has 3 aromatic carbocycles. The van der Waals surface area contributed by atoms with Crippen molar-refractivity contribution in [2.24, 2.45) is 0 Å². The zero-order valence-electron chi connectivity index (χ0n) is 19.5. The maximum atomic E-state index is 12.8. The third-order valence-corrected chi connectivity index (χ3v) is 5.75. The Balaban J connectivity index is 0.00000158. The van der Waals surface area contributed by atoms with E-state index in [0.717, 1.165) is 21.8 Å². The van der Waals surface area contributed by atoms with Crippen LogP contribution >= 0.6 is 11.3 Å². The van der Waals surface area contributed by atoms with Crippen LogP contribution in [-0.4, -0.2) is 36.3 Å². The van der Waals surface area contributed by atoms with Gasteiger partial charge in [0.2, 0.25) is 0 Å². The van der Waals surface area contributed by atoms with Gasteiger partial charge in [-0.3, -0.25) is 4.79 Å². The minimum Gasteiger partial charge on any atom is -0.497 e. The number of nitrogens with zero attached hydrogens (tertiary/aromatic N) is 1. The minimum absolute atomic E-state index is 0.0393. The molecule has 4 rings (SSSR count). The molecule has 3 N–H and O–H groups in total. The van der Waals surface area contributed by atoms with Crippen molar-refractivity contribution in [1.82, 2.24) is 4.98 Å². The summed E-state index contributed by atoms with van der Waals surface area (Å²) in [5.74, 6) is 0.380. The highest BCUT2D eigenvalue weighted by Crippen LogP contribution is 2.29. The summed E-state index contributed by atoms with van der Waals surface area (Å²) in [5, 5.41) is 18.1. The lowest BCUT2D eigenvalue weighted by molar-refractivity contribution is 0.102. The van der Waals surface area contributed by atoms with Crippen LogP contribution in [0, 0.1) is 0 Å². The molecule has 0 aliphatic heterocycles. The number of carbonyl (C=O) groups is 1. The molecule has 176 valence electrons. The van der Waals surface area contributed by atoms with Crippen molar-refractivity contribution in [3.8, 4) is 27.6 Å². The summed E-state index contributed by atoms with van der Waals surface area (Å²) in [6, 6.07) is 22.9. The van der Waals surface area contributed by atoms with Crippen molar-refractivity contribution in [3.05, 3.63) is 83.7 Å². The Labute approximate surface area is 204 Å². The highest BCUT2D eigenvalue weighted by Gasteiger charge is 2.13. The first-order chi connectivity index (χ1) is 16.7. The quantitative estimate of drug-likeness (QED) is 0.284. The number of hydrogen-bond acceptors (Lipinski definition) is 6. The van der Waals surface area contributed by atoms with Crippen molar-refractivity contribution in [2.75, 3.05) is 30.9 Å². The second-order valence-corrected chi connectivity index (χ2v) is 7.86. The molecule has 0 radical (unpaired) electrons. The summed E-state index contributed by atoms with van der Waals surface area (Å²) in [5.41, 5.74) is 4.73. The average molecular weight is 476 g/mol. The van der Waals surface area contributed by atoms with Crippen LogP contribution in [0.2, 0.25) is 0 Å². The van der Waals surface area contributed by atoms with E-state index in [1.165, 1.54) is 0 Å². The van der Waals surface area contributed by atoms with E-state index in [9.17, 15) is 4.79 Å². The van der Waals surface area contributed by atoms with Gasteiger partial charge >= 0.3 is 0 Å². The second-order valence-electron chi connectivity index (χ2n) is 7.00. The van der Waals surface area contributed by atoms with Crippen molar-refractivity contribution in [2.45, 2.75) is 13.8 Å². The minimum atomic E-state index is -0.249. The van der Waals surface area contributed by atoms with Gasteiger partial charge in [-0.1, -0.05) is 56.3 Å². The van der Waals surface area contributed by atoms with Gasteiger partial charge in [0.15, 0.2) is 0 Å². The molecule has 0 saturated carbocycles. The molecule has 0 fully saturated rings. The van der Waals surface area contributed by atoms with Gasteiger partial charge < -0.3 is 20.5 Å². The van der Waals surface area contributed by atoms with Crippen LogP contribution in [0.25, 0.3) is 21.8 Å². The number of benzene rings is 3. The molecule has 0 saturated heterocycles. The van der Waals surface area contributed by atoms with Crippen molar-refractivity contribution < 1.29 is 14.6 Å². The number of carbonyl (C=O) groups excluding carboxylic acids is 1. The van der Waals surface area contributed by atoms with Gasteiger partial charge in [0.05, 0.1) is 30.7 Å². The Bertz CT molecular complexity index is 1190. The number of rotatable bonds is 8. The number of aliphatic hydroxyl groups excluding tert-OH is 1. The third-order valence-electron chi connectivity index (χ3n) is 4.86. The van der Waals surface area contributed by atoms with Gasteiger partial charge in [0.1, 0.15) is 10.8 Å². The Morgan fingerprint density at radius 3 is 2.41 bits per heavy atom. The lowest BCUT2D eigenvalue weighted by Gasteiger charge is -2.13. The van der Waals surface area contributed by atoms with E-state index in [1.54, 1.807) is 36.6 Å². The van der Waals surface area contributed by atoms with E-state index in [2.05, 4.69) is 10.6 Å². The SMILES string of the molecule is CC.COc1ccc(C(=O)Nc2ccc(-c3csc(-c4ccccc4)n3)cc2)c(NCCO)c1. The fourth-order valence-corrected chi connectivity index (χ4v) is 4.06. The van der Waals surface area contributed by atoms with E-state index in [1.807, 2.05) is 73.8 Å². The Morgan fingerprint density at radius 2 is 1.74 bits per heavy atom. The largest absolute Gasteiger partial charge is 0.497 e. The number of anilines is 2. The number of aromatic nitrogens is 1. The number of nitrogens with one attached hydrogen (secondary N) is 2. The zero-order valence-corrected chi connectivity index (χ0v) is 20.4. The summed E-state index contributed by atoms with van der Waals surface area (Å²) >= 11 is 1.60. The van der Waals surface area contributed by atoms with E-state index in [4.69, 9.17) is 14.8 Å². The molecule has 1 heterocycles. The van der Waals surface area contributed by atoms with Crippen LogP contribution in [0.5, 0.6) is 5.75 Å². The van der Waals surface area contributed by atoms with Gasteiger partial charge in [0.25, 0.3) is 5.91 Å². The van der Waals surface area contributed by atoms with Gasteiger partial charge in [-0.05, 0) is 24.3 Å². The highest BCUT2D eigenvalue weighted by molar-refractivity contribution is 7.13. The molecule has 0 unspecified atom stereocenters. The maximum Gasteiger partial charge on any atom is 0.257 e. The second kappa shape index (κ2) is 12.5. The third kappa shape index (κ3) is 6.21. The molecular weight excluding hydrogens is 446 g/mol. The summed E-state index contributed by atoms with van der Waals surface area (Å²) in [6.07, 6.45) is 0. The highest BCUT2D eigenvalue weighted by atomic mass is 32.1. The summed E-state index contributed by atoms with van der Waals surface area (Å²) in [7, 11) is 1.57. The Kier molecular flexibility index (Phi) is 9.20. The van der Waals surface area contributed by atoms with Crippen LogP contribution in [0.3, 0.4) is 0 Å². The maximum absolute atomic E-state index is 12.8. The molecule has 0 bridgehead atoms. The van der Waals surface area contributed by atoms with Crippen molar-refractivity contribution >= 4 is 28.6 Å². The molecular formula is C27H29N3O3S. The molecule has 7 heteroatoms.